The van der Waals surface area contributed by atoms with Gasteiger partial charge in [-0.2, -0.15) is 0 Å². The Balaban J connectivity index is 2.62. The minimum Gasteiger partial charge on any atom is -0.383 e. The molecule has 1 unspecified atom stereocenters. The Morgan fingerprint density at radius 1 is 1.44 bits per heavy atom. The largest absolute Gasteiger partial charge is 0.383 e. The highest BCUT2D eigenvalue weighted by Crippen LogP contribution is 2.16. The molecule has 0 aliphatic carbocycles. The molecule has 1 atom stereocenters. The molecule has 0 saturated heterocycles. The van der Waals surface area contributed by atoms with E-state index in [-0.39, 0.29) is 0 Å². The Labute approximate surface area is 102 Å². The maximum absolute atomic E-state index is 5.19. The van der Waals surface area contributed by atoms with Crippen LogP contribution in [0.2, 0.25) is 0 Å². The van der Waals surface area contributed by atoms with Crippen molar-refractivity contribution in [3.63, 3.8) is 0 Å². The summed E-state index contributed by atoms with van der Waals surface area (Å²) >= 11 is 1.70. The predicted octanol–water partition coefficient (Wildman–Crippen LogP) is 2.89. The molecule has 4 heteroatoms. The Kier molecular flexibility index (Phi) is 5.63. The van der Waals surface area contributed by atoms with E-state index in [0.717, 1.165) is 5.82 Å². The third-order valence-electron chi connectivity index (χ3n) is 2.46. The SMILES string of the molecule is COCC(Nc1ccc(SC)cn1)C(C)C. The molecule has 0 bridgehead atoms. The van der Waals surface area contributed by atoms with Gasteiger partial charge in [-0.15, -0.1) is 11.8 Å². The molecule has 3 nitrogen and oxygen atoms in total. The number of thioether (sulfide) groups is 1. The fourth-order valence-electron chi connectivity index (χ4n) is 1.36. The molecule has 0 saturated carbocycles. The van der Waals surface area contributed by atoms with Gasteiger partial charge in [0.15, 0.2) is 0 Å². The number of anilines is 1. The summed E-state index contributed by atoms with van der Waals surface area (Å²) in [5, 5.41) is 3.39. The van der Waals surface area contributed by atoms with Crippen LogP contribution in [0.5, 0.6) is 0 Å². The van der Waals surface area contributed by atoms with Gasteiger partial charge in [-0.25, -0.2) is 4.98 Å². The van der Waals surface area contributed by atoms with Gasteiger partial charge >= 0.3 is 0 Å². The molecule has 0 spiro atoms. The van der Waals surface area contributed by atoms with Crippen LogP contribution in [-0.2, 0) is 4.74 Å². The summed E-state index contributed by atoms with van der Waals surface area (Å²) in [5.74, 6) is 1.43. The van der Waals surface area contributed by atoms with Crippen LogP contribution >= 0.6 is 11.8 Å². The monoisotopic (exact) mass is 240 g/mol. The molecule has 16 heavy (non-hydrogen) atoms. The zero-order chi connectivity index (χ0) is 12.0. The first kappa shape index (κ1) is 13.3. The molecule has 90 valence electrons. The highest BCUT2D eigenvalue weighted by molar-refractivity contribution is 7.98. The van der Waals surface area contributed by atoms with Crippen molar-refractivity contribution in [1.29, 1.82) is 0 Å². The third-order valence-corrected chi connectivity index (χ3v) is 3.17. The smallest absolute Gasteiger partial charge is 0.126 e. The quantitative estimate of drug-likeness (QED) is 0.775. The third kappa shape index (κ3) is 4.02. The minimum absolute atomic E-state index is 0.303. The number of pyridine rings is 1. The molecule has 0 radical (unpaired) electrons. The first-order valence-electron chi connectivity index (χ1n) is 5.43. The molecule has 1 N–H and O–H groups in total. The highest BCUT2D eigenvalue weighted by atomic mass is 32.2. The van der Waals surface area contributed by atoms with Crippen molar-refractivity contribution >= 4 is 17.6 Å². The molecule has 1 rings (SSSR count). The predicted molar refractivity (Wildman–Crippen MR) is 70.1 cm³/mol. The van der Waals surface area contributed by atoms with Gasteiger partial charge in [0.25, 0.3) is 0 Å². The summed E-state index contributed by atoms with van der Waals surface area (Å²) in [6, 6.07) is 4.39. The first-order valence-corrected chi connectivity index (χ1v) is 6.65. The van der Waals surface area contributed by atoms with Crippen LogP contribution < -0.4 is 5.32 Å². The van der Waals surface area contributed by atoms with Gasteiger partial charge in [-0.1, -0.05) is 13.8 Å². The first-order chi connectivity index (χ1) is 7.67. The summed E-state index contributed by atoms with van der Waals surface area (Å²) < 4.78 is 5.19. The van der Waals surface area contributed by atoms with E-state index in [0.29, 0.717) is 18.6 Å². The Morgan fingerprint density at radius 3 is 2.62 bits per heavy atom. The van der Waals surface area contributed by atoms with Gasteiger partial charge in [0.1, 0.15) is 5.82 Å². The van der Waals surface area contributed by atoms with Crippen LogP contribution in [0.3, 0.4) is 0 Å². The maximum atomic E-state index is 5.19. The average Bonchev–Trinajstić information content (AvgIpc) is 2.29. The van der Waals surface area contributed by atoms with E-state index in [2.05, 4.69) is 30.2 Å². The molecule has 0 aromatic carbocycles. The second-order valence-electron chi connectivity index (χ2n) is 4.03. The molecule has 0 aliphatic heterocycles. The van der Waals surface area contributed by atoms with Gasteiger partial charge in [0.05, 0.1) is 12.6 Å². The van der Waals surface area contributed by atoms with Crippen molar-refractivity contribution in [2.45, 2.75) is 24.8 Å². The van der Waals surface area contributed by atoms with E-state index in [1.54, 1.807) is 18.9 Å². The highest BCUT2D eigenvalue weighted by Gasteiger charge is 2.12. The Hall–Kier alpha value is -0.740. The van der Waals surface area contributed by atoms with E-state index in [1.807, 2.05) is 18.5 Å². The van der Waals surface area contributed by atoms with Crippen molar-refractivity contribution in [2.75, 3.05) is 25.3 Å². The summed E-state index contributed by atoms with van der Waals surface area (Å²) in [6.45, 7) is 5.05. The number of nitrogens with one attached hydrogen (secondary N) is 1. The van der Waals surface area contributed by atoms with E-state index >= 15 is 0 Å². The number of hydrogen-bond acceptors (Lipinski definition) is 4. The second-order valence-corrected chi connectivity index (χ2v) is 4.91. The number of rotatable bonds is 6. The molecule has 0 fully saturated rings. The summed E-state index contributed by atoms with van der Waals surface area (Å²) in [4.78, 5) is 5.55. The van der Waals surface area contributed by atoms with Gasteiger partial charge in [0, 0.05) is 18.2 Å². The molecule has 0 amide bonds. The van der Waals surface area contributed by atoms with Crippen LogP contribution in [0.4, 0.5) is 5.82 Å². The van der Waals surface area contributed by atoms with Crippen LogP contribution in [0.15, 0.2) is 23.2 Å². The van der Waals surface area contributed by atoms with Crippen LogP contribution in [-0.4, -0.2) is 31.0 Å². The summed E-state index contributed by atoms with van der Waals surface area (Å²) in [5.41, 5.74) is 0. The van der Waals surface area contributed by atoms with Gasteiger partial charge in [-0.3, -0.25) is 0 Å². The summed E-state index contributed by atoms with van der Waals surface area (Å²) in [6.07, 6.45) is 3.93. The van der Waals surface area contributed by atoms with Gasteiger partial charge in [0.2, 0.25) is 0 Å². The van der Waals surface area contributed by atoms with E-state index in [1.165, 1.54) is 4.90 Å². The molecule has 1 aromatic rings. The topological polar surface area (TPSA) is 34.1 Å². The Morgan fingerprint density at radius 2 is 2.19 bits per heavy atom. The number of ether oxygens (including phenoxy) is 1. The molecule has 0 aliphatic rings. The van der Waals surface area contributed by atoms with E-state index in [9.17, 15) is 0 Å². The van der Waals surface area contributed by atoms with Crippen molar-refractivity contribution in [3.05, 3.63) is 18.3 Å². The number of methoxy groups -OCH3 is 1. The van der Waals surface area contributed by atoms with Crippen molar-refractivity contribution < 1.29 is 4.74 Å². The Bertz CT molecular complexity index is 300. The van der Waals surface area contributed by atoms with E-state index in [4.69, 9.17) is 4.74 Å². The number of nitrogens with zero attached hydrogens (tertiary/aromatic N) is 1. The zero-order valence-corrected chi connectivity index (χ0v) is 11.2. The standard InChI is InChI=1S/C12H20N2OS/c1-9(2)11(8-15-3)14-12-6-5-10(16-4)7-13-12/h5-7,9,11H,8H2,1-4H3,(H,13,14). The van der Waals surface area contributed by atoms with Gasteiger partial charge < -0.3 is 10.1 Å². The zero-order valence-electron chi connectivity index (χ0n) is 10.4. The van der Waals surface area contributed by atoms with E-state index < -0.39 is 0 Å². The normalized spacial score (nSPS) is 12.8. The lowest BCUT2D eigenvalue weighted by atomic mass is 10.1. The lowest BCUT2D eigenvalue weighted by Gasteiger charge is -2.22. The van der Waals surface area contributed by atoms with Crippen LogP contribution in [0.1, 0.15) is 13.8 Å². The number of hydrogen-bond donors (Lipinski definition) is 1. The minimum atomic E-state index is 0.303. The molecule has 1 heterocycles. The fraction of sp³-hybridized carbons (Fsp3) is 0.583. The van der Waals surface area contributed by atoms with Crippen LogP contribution in [0.25, 0.3) is 0 Å². The van der Waals surface area contributed by atoms with Crippen molar-refractivity contribution in [2.24, 2.45) is 5.92 Å². The number of aromatic nitrogens is 1. The molecular weight excluding hydrogens is 220 g/mol. The summed E-state index contributed by atoms with van der Waals surface area (Å²) in [7, 11) is 1.72. The van der Waals surface area contributed by atoms with Crippen molar-refractivity contribution in [1.82, 2.24) is 4.98 Å². The van der Waals surface area contributed by atoms with Gasteiger partial charge in [-0.05, 0) is 24.3 Å². The molecule has 1 aromatic heterocycles. The lowest BCUT2D eigenvalue weighted by Crippen LogP contribution is -2.30. The molecular formula is C12H20N2OS. The second kappa shape index (κ2) is 6.76. The lowest BCUT2D eigenvalue weighted by molar-refractivity contribution is 0.171. The van der Waals surface area contributed by atoms with Crippen LogP contribution in [0, 0.1) is 5.92 Å². The average molecular weight is 240 g/mol. The van der Waals surface area contributed by atoms with Crippen molar-refractivity contribution in [3.8, 4) is 0 Å². The fourth-order valence-corrected chi connectivity index (χ4v) is 1.72. The maximum Gasteiger partial charge on any atom is 0.126 e.